The number of hydrogen-bond acceptors (Lipinski definition) is 5. The van der Waals surface area contributed by atoms with Gasteiger partial charge in [0.1, 0.15) is 11.4 Å². The summed E-state index contributed by atoms with van der Waals surface area (Å²) in [4.78, 5) is 24.6. The van der Waals surface area contributed by atoms with Crippen molar-refractivity contribution in [1.82, 2.24) is 15.1 Å². The van der Waals surface area contributed by atoms with Gasteiger partial charge in [0.25, 0.3) is 5.91 Å². The van der Waals surface area contributed by atoms with Crippen LogP contribution in [0, 0.1) is 0 Å². The van der Waals surface area contributed by atoms with Crippen molar-refractivity contribution in [2.24, 2.45) is 0 Å². The number of anilines is 1. The van der Waals surface area contributed by atoms with Crippen LogP contribution in [0.25, 0.3) is 0 Å². The molecule has 0 radical (unpaired) electrons. The highest BCUT2D eigenvalue weighted by atomic mass is 16.6. The topological polar surface area (TPSA) is 105 Å². The zero-order chi connectivity index (χ0) is 20.0. The van der Waals surface area contributed by atoms with Crippen LogP contribution in [-0.2, 0) is 9.53 Å². The van der Waals surface area contributed by atoms with Crippen LogP contribution in [-0.4, -0.2) is 44.6 Å². The third kappa shape index (κ3) is 6.23. The second-order valence-electron chi connectivity index (χ2n) is 8.07. The smallest absolute Gasteiger partial charge is 0.407 e. The molecule has 2 atom stereocenters. The van der Waals surface area contributed by atoms with Crippen LogP contribution >= 0.6 is 0 Å². The average molecular weight is 380 g/mol. The van der Waals surface area contributed by atoms with Gasteiger partial charge >= 0.3 is 6.09 Å². The lowest BCUT2D eigenvalue weighted by molar-refractivity contribution is -0.125. The van der Waals surface area contributed by atoms with Gasteiger partial charge in [0.15, 0.2) is 6.10 Å². The summed E-state index contributed by atoms with van der Waals surface area (Å²) in [6.07, 6.45) is 4.96. The molecule has 3 N–H and O–H groups in total. The van der Waals surface area contributed by atoms with E-state index >= 15 is 0 Å². The van der Waals surface area contributed by atoms with E-state index in [4.69, 9.17) is 4.74 Å². The maximum atomic E-state index is 12.6. The minimum atomic E-state index is -1.38. The summed E-state index contributed by atoms with van der Waals surface area (Å²) < 4.78 is 7.04. The van der Waals surface area contributed by atoms with Crippen molar-refractivity contribution < 1.29 is 19.4 Å². The lowest BCUT2D eigenvalue weighted by Crippen LogP contribution is -2.50. The van der Waals surface area contributed by atoms with Gasteiger partial charge in [-0.15, -0.1) is 0 Å². The highest BCUT2D eigenvalue weighted by molar-refractivity contribution is 5.94. The number of unbranched alkanes of at least 4 members (excludes halogenated alkanes) is 1. The lowest BCUT2D eigenvalue weighted by Gasteiger charge is -2.28. The fourth-order valence-electron chi connectivity index (χ4n) is 2.91. The van der Waals surface area contributed by atoms with Crippen molar-refractivity contribution >= 4 is 17.8 Å². The first-order chi connectivity index (χ1) is 12.7. The van der Waals surface area contributed by atoms with E-state index in [0.717, 1.165) is 32.1 Å². The molecule has 0 saturated heterocycles. The zero-order valence-corrected chi connectivity index (χ0v) is 16.7. The average Bonchev–Trinajstić information content (AvgIpc) is 2.95. The van der Waals surface area contributed by atoms with Gasteiger partial charge < -0.3 is 20.5 Å². The van der Waals surface area contributed by atoms with Gasteiger partial charge in [-0.3, -0.25) is 4.79 Å². The molecule has 2 rings (SSSR count). The Kier molecular flexibility index (Phi) is 7.24. The molecule has 0 spiro atoms. The van der Waals surface area contributed by atoms with Crippen LogP contribution in [0.2, 0.25) is 0 Å². The number of aliphatic hydroxyl groups is 1. The van der Waals surface area contributed by atoms with E-state index in [0.29, 0.717) is 18.3 Å². The largest absolute Gasteiger partial charge is 0.444 e. The van der Waals surface area contributed by atoms with Crippen molar-refractivity contribution in [2.45, 2.75) is 90.0 Å². The number of nitrogens with one attached hydrogen (secondary N) is 2. The molecule has 1 fully saturated rings. The first-order valence-corrected chi connectivity index (χ1v) is 9.73. The Morgan fingerprint density at radius 3 is 2.67 bits per heavy atom. The summed E-state index contributed by atoms with van der Waals surface area (Å²) >= 11 is 0. The predicted molar refractivity (Wildman–Crippen MR) is 102 cm³/mol. The van der Waals surface area contributed by atoms with Crippen LogP contribution in [0.3, 0.4) is 0 Å². The first-order valence-electron chi connectivity index (χ1n) is 9.73. The number of hydrogen-bond donors (Lipinski definition) is 3. The van der Waals surface area contributed by atoms with Gasteiger partial charge in [0, 0.05) is 6.07 Å². The highest BCUT2D eigenvalue weighted by Gasteiger charge is 2.30. The van der Waals surface area contributed by atoms with Gasteiger partial charge in [0.2, 0.25) is 0 Å². The monoisotopic (exact) mass is 380 g/mol. The number of aliphatic hydroxyl groups excluding tert-OH is 1. The maximum Gasteiger partial charge on any atom is 0.407 e. The number of aromatic nitrogens is 2. The van der Waals surface area contributed by atoms with Crippen molar-refractivity contribution in [3.05, 3.63) is 12.3 Å². The third-order valence-corrected chi connectivity index (χ3v) is 4.56. The molecule has 1 aromatic rings. The van der Waals surface area contributed by atoms with Gasteiger partial charge in [-0.1, -0.05) is 19.8 Å². The molecule has 8 nitrogen and oxygen atoms in total. The quantitative estimate of drug-likeness (QED) is 0.643. The SMILES string of the molecule is CCCC[C@H](NC(=O)OC(C)(C)C)[C@H](O)C(=O)Nc1ccnn1C1CCC1. The molecule has 1 aliphatic carbocycles. The third-order valence-electron chi connectivity index (χ3n) is 4.56. The van der Waals surface area contributed by atoms with E-state index in [1.165, 1.54) is 0 Å². The molecule has 27 heavy (non-hydrogen) atoms. The number of amides is 2. The number of nitrogens with zero attached hydrogens (tertiary/aromatic N) is 2. The van der Waals surface area contributed by atoms with Gasteiger partial charge in [-0.25, -0.2) is 9.48 Å². The fourth-order valence-corrected chi connectivity index (χ4v) is 2.91. The van der Waals surface area contributed by atoms with Crippen molar-refractivity contribution in [3.8, 4) is 0 Å². The molecule has 8 heteroatoms. The Balaban J connectivity index is 2.00. The normalized spacial score (nSPS) is 16.9. The summed E-state index contributed by atoms with van der Waals surface area (Å²) in [6, 6.07) is 1.29. The molecule has 0 aromatic carbocycles. The molecular weight excluding hydrogens is 348 g/mol. The van der Waals surface area contributed by atoms with Gasteiger partial charge in [0.05, 0.1) is 18.3 Å². The Hall–Kier alpha value is -2.09. The van der Waals surface area contributed by atoms with E-state index in [1.807, 2.05) is 6.92 Å². The number of carbonyl (C=O) groups excluding carboxylic acids is 2. The Bertz CT molecular complexity index is 634. The number of rotatable bonds is 8. The van der Waals surface area contributed by atoms with Gasteiger partial charge in [-0.2, -0.15) is 5.10 Å². The number of ether oxygens (including phenoxy) is 1. The van der Waals surface area contributed by atoms with Crippen molar-refractivity contribution in [3.63, 3.8) is 0 Å². The minimum Gasteiger partial charge on any atom is -0.444 e. The second-order valence-corrected chi connectivity index (χ2v) is 8.07. The summed E-state index contributed by atoms with van der Waals surface area (Å²) in [5, 5.41) is 20.2. The van der Waals surface area contributed by atoms with E-state index in [2.05, 4.69) is 15.7 Å². The molecule has 1 aromatic heterocycles. The van der Waals surface area contributed by atoms with Crippen LogP contribution in [0.5, 0.6) is 0 Å². The summed E-state index contributed by atoms with van der Waals surface area (Å²) in [7, 11) is 0. The summed E-state index contributed by atoms with van der Waals surface area (Å²) in [6.45, 7) is 7.29. The van der Waals surface area contributed by atoms with Gasteiger partial charge in [-0.05, 0) is 46.5 Å². The number of alkyl carbamates (subject to hydrolysis) is 1. The standard InChI is InChI=1S/C19H32N4O4/c1-5-6-10-14(21-18(26)27-19(2,3)4)16(24)17(25)22-15-11-12-20-23(15)13-8-7-9-13/h11-14,16,24H,5-10H2,1-4H3,(H,21,26)(H,22,25)/t14-,16-/m0/s1. The molecule has 152 valence electrons. The zero-order valence-electron chi connectivity index (χ0n) is 16.7. The van der Waals surface area contributed by atoms with Crippen LogP contribution in [0.4, 0.5) is 10.6 Å². The van der Waals surface area contributed by atoms with E-state index < -0.39 is 29.7 Å². The molecular formula is C19H32N4O4. The van der Waals surface area contributed by atoms with E-state index in [-0.39, 0.29) is 0 Å². The minimum absolute atomic E-state index is 0.295. The van der Waals surface area contributed by atoms with E-state index in [9.17, 15) is 14.7 Å². The maximum absolute atomic E-state index is 12.6. The molecule has 1 saturated carbocycles. The van der Waals surface area contributed by atoms with Crippen LogP contribution in [0.1, 0.15) is 72.3 Å². The Morgan fingerprint density at radius 1 is 1.41 bits per heavy atom. The Morgan fingerprint density at radius 2 is 2.11 bits per heavy atom. The van der Waals surface area contributed by atoms with Crippen molar-refractivity contribution in [1.29, 1.82) is 0 Å². The summed E-state index contributed by atoms with van der Waals surface area (Å²) in [5.74, 6) is 0.00324. The van der Waals surface area contributed by atoms with Crippen LogP contribution in [0.15, 0.2) is 12.3 Å². The molecule has 1 aliphatic rings. The second kappa shape index (κ2) is 9.21. The first kappa shape index (κ1) is 21.2. The molecule has 0 aliphatic heterocycles. The summed E-state index contributed by atoms with van der Waals surface area (Å²) in [5.41, 5.74) is -0.651. The highest BCUT2D eigenvalue weighted by Crippen LogP contribution is 2.33. The lowest BCUT2D eigenvalue weighted by atomic mass is 9.93. The Labute approximate surface area is 160 Å². The predicted octanol–water partition coefficient (Wildman–Crippen LogP) is 2.99. The van der Waals surface area contributed by atoms with E-state index in [1.54, 1.807) is 37.7 Å². The van der Waals surface area contributed by atoms with Crippen molar-refractivity contribution in [2.75, 3.05) is 5.32 Å². The molecule has 0 unspecified atom stereocenters. The van der Waals surface area contributed by atoms with Crippen LogP contribution < -0.4 is 10.6 Å². The molecule has 1 heterocycles. The number of carbonyl (C=O) groups is 2. The fraction of sp³-hybridized carbons (Fsp3) is 0.737. The molecule has 2 amide bonds. The molecule has 0 bridgehead atoms.